The first-order valence-corrected chi connectivity index (χ1v) is 5.85. The second kappa shape index (κ2) is 10.4. The molecule has 0 aliphatic heterocycles. The van der Waals surface area contributed by atoms with Crippen molar-refractivity contribution in [3.63, 3.8) is 0 Å². The standard InChI is InChI=1S/C9H12O2.C4H10O/c1-2-9(10)11-8-6-4-3-5-7-8;1-3-5-4-2/h2,6H,1,3-5,7H2;3-4H2,1-2H3. The van der Waals surface area contributed by atoms with E-state index in [0.717, 1.165) is 38.2 Å². The van der Waals surface area contributed by atoms with Crippen molar-refractivity contribution in [2.75, 3.05) is 13.2 Å². The molecule has 0 bridgehead atoms. The minimum Gasteiger partial charge on any atom is -0.428 e. The van der Waals surface area contributed by atoms with Crippen molar-refractivity contribution in [1.29, 1.82) is 0 Å². The number of hydrogen-bond acceptors (Lipinski definition) is 3. The van der Waals surface area contributed by atoms with Crippen LogP contribution >= 0.6 is 0 Å². The Balaban J connectivity index is 0.000000385. The van der Waals surface area contributed by atoms with Gasteiger partial charge in [-0.25, -0.2) is 4.79 Å². The summed E-state index contributed by atoms with van der Waals surface area (Å²) >= 11 is 0. The van der Waals surface area contributed by atoms with Gasteiger partial charge in [-0.2, -0.15) is 0 Å². The Labute approximate surface area is 98.1 Å². The molecule has 0 fully saturated rings. The molecular weight excluding hydrogens is 204 g/mol. The second-order valence-corrected chi connectivity index (χ2v) is 3.32. The van der Waals surface area contributed by atoms with Crippen molar-refractivity contribution in [3.05, 3.63) is 24.5 Å². The largest absolute Gasteiger partial charge is 0.428 e. The van der Waals surface area contributed by atoms with Gasteiger partial charge in [-0.15, -0.1) is 0 Å². The molecule has 1 rings (SSSR count). The highest BCUT2D eigenvalue weighted by molar-refractivity contribution is 5.82. The third kappa shape index (κ3) is 8.24. The molecule has 3 heteroatoms. The molecule has 0 radical (unpaired) electrons. The molecule has 0 N–H and O–H groups in total. The molecule has 0 spiro atoms. The van der Waals surface area contributed by atoms with Gasteiger partial charge in [0.25, 0.3) is 0 Å². The molecule has 0 atom stereocenters. The number of allylic oxidation sites excluding steroid dienone is 2. The molecule has 0 aromatic rings. The van der Waals surface area contributed by atoms with Crippen molar-refractivity contribution in [2.45, 2.75) is 39.5 Å². The van der Waals surface area contributed by atoms with Crippen LogP contribution in [0.3, 0.4) is 0 Å². The molecule has 0 amide bonds. The summed E-state index contributed by atoms with van der Waals surface area (Å²) in [6.45, 7) is 8.99. The van der Waals surface area contributed by atoms with Gasteiger partial charge in [-0.3, -0.25) is 0 Å². The first-order valence-electron chi connectivity index (χ1n) is 5.85. The smallest absolute Gasteiger partial charge is 0.335 e. The van der Waals surface area contributed by atoms with E-state index in [1.54, 1.807) is 0 Å². The molecule has 0 saturated carbocycles. The first kappa shape index (κ1) is 14.9. The van der Waals surface area contributed by atoms with Crippen molar-refractivity contribution in [2.24, 2.45) is 0 Å². The predicted molar refractivity (Wildman–Crippen MR) is 65.0 cm³/mol. The lowest BCUT2D eigenvalue weighted by molar-refractivity contribution is -0.134. The van der Waals surface area contributed by atoms with E-state index in [0.29, 0.717) is 0 Å². The van der Waals surface area contributed by atoms with E-state index in [-0.39, 0.29) is 5.97 Å². The maximum atomic E-state index is 10.7. The van der Waals surface area contributed by atoms with E-state index in [1.165, 1.54) is 12.5 Å². The average molecular weight is 226 g/mol. The summed E-state index contributed by atoms with van der Waals surface area (Å²) in [5, 5.41) is 0. The Kier molecular flexibility index (Phi) is 9.72. The summed E-state index contributed by atoms with van der Waals surface area (Å²) in [5.41, 5.74) is 0. The van der Waals surface area contributed by atoms with Crippen LogP contribution in [0.5, 0.6) is 0 Å². The highest BCUT2D eigenvalue weighted by atomic mass is 16.5. The molecular formula is C13H22O3. The van der Waals surface area contributed by atoms with Crippen LogP contribution in [-0.2, 0) is 14.3 Å². The van der Waals surface area contributed by atoms with Gasteiger partial charge in [-0.05, 0) is 39.2 Å². The van der Waals surface area contributed by atoms with Crippen LogP contribution in [0.4, 0.5) is 0 Å². The minimum absolute atomic E-state index is 0.349. The first-order chi connectivity index (χ1) is 7.74. The highest BCUT2D eigenvalue weighted by Gasteiger charge is 2.06. The van der Waals surface area contributed by atoms with Gasteiger partial charge in [0.2, 0.25) is 0 Å². The van der Waals surface area contributed by atoms with E-state index < -0.39 is 0 Å². The van der Waals surface area contributed by atoms with Gasteiger partial charge < -0.3 is 9.47 Å². The van der Waals surface area contributed by atoms with Crippen LogP contribution in [0.25, 0.3) is 0 Å². The van der Waals surface area contributed by atoms with E-state index in [4.69, 9.17) is 9.47 Å². The molecule has 3 nitrogen and oxygen atoms in total. The van der Waals surface area contributed by atoms with E-state index >= 15 is 0 Å². The fourth-order valence-corrected chi connectivity index (χ4v) is 1.28. The van der Waals surface area contributed by atoms with E-state index in [1.807, 2.05) is 19.9 Å². The van der Waals surface area contributed by atoms with Crippen LogP contribution in [-0.4, -0.2) is 19.2 Å². The Morgan fingerprint density at radius 2 is 2.12 bits per heavy atom. The summed E-state index contributed by atoms with van der Waals surface area (Å²) < 4.78 is 9.78. The topological polar surface area (TPSA) is 35.5 Å². The summed E-state index contributed by atoms with van der Waals surface area (Å²) in [7, 11) is 0. The number of carbonyl (C=O) groups is 1. The fraction of sp³-hybridized carbons (Fsp3) is 0.615. The van der Waals surface area contributed by atoms with Crippen LogP contribution in [0.1, 0.15) is 39.5 Å². The van der Waals surface area contributed by atoms with Gasteiger partial charge in [0, 0.05) is 25.7 Å². The Bertz CT molecular complexity index is 229. The zero-order valence-electron chi connectivity index (χ0n) is 10.3. The lowest BCUT2D eigenvalue weighted by atomic mass is 10.1. The van der Waals surface area contributed by atoms with Gasteiger partial charge in [-0.1, -0.05) is 6.58 Å². The number of carbonyl (C=O) groups excluding carboxylic acids is 1. The third-order valence-electron chi connectivity index (χ3n) is 2.06. The van der Waals surface area contributed by atoms with Crippen LogP contribution in [0, 0.1) is 0 Å². The molecule has 1 aliphatic rings. The summed E-state index contributed by atoms with van der Waals surface area (Å²) in [6.07, 6.45) is 7.41. The fourth-order valence-electron chi connectivity index (χ4n) is 1.28. The SMILES string of the molecule is C=CC(=O)OC1=CCCCC1.CCOCC. The number of ether oxygens (including phenoxy) is 2. The zero-order chi connectivity index (χ0) is 12.2. The maximum Gasteiger partial charge on any atom is 0.335 e. The summed E-state index contributed by atoms with van der Waals surface area (Å²) in [4.78, 5) is 10.7. The van der Waals surface area contributed by atoms with Crippen molar-refractivity contribution >= 4 is 5.97 Å². The predicted octanol–water partition coefficient (Wildman–Crippen LogP) is 3.22. The van der Waals surface area contributed by atoms with E-state index in [2.05, 4.69) is 6.58 Å². The zero-order valence-corrected chi connectivity index (χ0v) is 10.3. The molecule has 0 unspecified atom stereocenters. The van der Waals surface area contributed by atoms with Crippen molar-refractivity contribution in [1.82, 2.24) is 0 Å². The Hall–Kier alpha value is -1.09. The van der Waals surface area contributed by atoms with Crippen LogP contribution in [0.2, 0.25) is 0 Å². The van der Waals surface area contributed by atoms with Gasteiger partial charge in [0.05, 0.1) is 0 Å². The lowest BCUT2D eigenvalue weighted by Crippen LogP contribution is -2.02. The quantitative estimate of drug-likeness (QED) is 0.545. The van der Waals surface area contributed by atoms with Crippen LogP contribution in [0.15, 0.2) is 24.5 Å². The van der Waals surface area contributed by atoms with Gasteiger partial charge >= 0.3 is 5.97 Å². The van der Waals surface area contributed by atoms with Crippen molar-refractivity contribution in [3.8, 4) is 0 Å². The summed E-state index contributed by atoms with van der Waals surface area (Å²) in [5.74, 6) is 0.458. The molecule has 0 aromatic heterocycles. The maximum absolute atomic E-state index is 10.7. The average Bonchev–Trinajstić information content (AvgIpc) is 2.32. The Morgan fingerprint density at radius 1 is 1.44 bits per heavy atom. The molecule has 92 valence electrons. The highest BCUT2D eigenvalue weighted by Crippen LogP contribution is 2.18. The number of rotatable bonds is 4. The van der Waals surface area contributed by atoms with Crippen LogP contribution < -0.4 is 0 Å². The lowest BCUT2D eigenvalue weighted by Gasteiger charge is -2.10. The number of hydrogen-bond donors (Lipinski definition) is 0. The normalized spacial score (nSPS) is 14.2. The molecule has 0 heterocycles. The van der Waals surface area contributed by atoms with Gasteiger partial charge in [0.15, 0.2) is 0 Å². The molecule has 0 aromatic carbocycles. The molecule has 1 aliphatic carbocycles. The third-order valence-corrected chi connectivity index (χ3v) is 2.06. The molecule has 16 heavy (non-hydrogen) atoms. The molecule has 0 saturated heterocycles. The van der Waals surface area contributed by atoms with Crippen molar-refractivity contribution < 1.29 is 14.3 Å². The van der Waals surface area contributed by atoms with E-state index in [9.17, 15) is 4.79 Å². The van der Waals surface area contributed by atoms with Gasteiger partial charge in [0.1, 0.15) is 5.76 Å². The Morgan fingerprint density at radius 3 is 2.50 bits per heavy atom. The number of esters is 1. The monoisotopic (exact) mass is 226 g/mol. The second-order valence-electron chi connectivity index (χ2n) is 3.32. The summed E-state index contributed by atoms with van der Waals surface area (Å²) in [6, 6.07) is 0. The minimum atomic E-state index is -0.349.